The third-order valence-electron chi connectivity index (χ3n) is 3.06. The van der Waals surface area contributed by atoms with Gasteiger partial charge in [0.15, 0.2) is 0 Å². The van der Waals surface area contributed by atoms with Crippen LogP contribution in [0.4, 0.5) is 0 Å². The first-order valence-corrected chi connectivity index (χ1v) is 7.51. The molecule has 2 atom stereocenters. The van der Waals surface area contributed by atoms with Crippen LogP contribution in [0.25, 0.3) is 10.4 Å². The topological polar surface area (TPSA) is 75.1 Å². The van der Waals surface area contributed by atoms with Crippen molar-refractivity contribution in [2.45, 2.75) is 72.3 Å². The van der Waals surface area contributed by atoms with Gasteiger partial charge in [-0.15, -0.1) is 0 Å². The van der Waals surface area contributed by atoms with Crippen molar-refractivity contribution >= 4 is 5.97 Å². The summed E-state index contributed by atoms with van der Waals surface area (Å²) in [5.41, 5.74) is 7.99. The summed E-state index contributed by atoms with van der Waals surface area (Å²) < 4.78 is 5.34. The number of hydrogen-bond donors (Lipinski definition) is 0. The third kappa shape index (κ3) is 10.7. The van der Waals surface area contributed by atoms with Crippen LogP contribution in [0.1, 0.15) is 66.7 Å². The normalized spacial score (nSPS) is 14.2. The molecule has 0 aromatic heterocycles. The first-order chi connectivity index (χ1) is 9.28. The highest BCUT2D eigenvalue weighted by Gasteiger charge is 2.21. The van der Waals surface area contributed by atoms with Crippen LogP contribution >= 0.6 is 0 Å². The van der Waals surface area contributed by atoms with Gasteiger partial charge >= 0.3 is 5.97 Å². The number of nitrogens with zero attached hydrogens (tertiary/aromatic N) is 3. The molecule has 5 heteroatoms. The van der Waals surface area contributed by atoms with Gasteiger partial charge in [0.2, 0.25) is 0 Å². The molecule has 20 heavy (non-hydrogen) atoms. The van der Waals surface area contributed by atoms with Gasteiger partial charge in [0.25, 0.3) is 0 Å². The van der Waals surface area contributed by atoms with Crippen molar-refractivity contribution in [3.05, 3.63) is 10.4 Å². The fourth-order valence-corrected chi connectivity index (χ4v) is 2.23. The number of hydrogen-bond acceptors (Lipinski definition) is 3. The number of unbranched alkanes of at least 4 members (excludes halogenated alkanes) is 1. The number of carbonyl (C=O) groups excluding carboxylic acids is 1. The van der Waals surface area contributed by atoms with E-state index in [4.69, 9.17) is 10.3 Å². The molecule has 0 N–H and O–H groups in total. The highest BCUT2D eigenvalue weighted by Crippen LogP contribution is 2.22. The Morgan fingerprint density at radius 3 is 2.55 bits per heavy atom. The molecule has 116 valence electrons. The van der Waals surface area contributed by atoms with E-state index in [1.165, 1.54) is 12.8 Å². The van der Waals surface area contributed by atoms with E-state index in [9.17, 15) is 4.79 Å². The van der Waals surface area contributed by atoms with Crippen LogP contribution in [0, 0.1) is 11.8 Å². The lowest BCUT2D eigenvalue weighted by Crippen LogP contribution is -2.26. The molecule has 0 rings (SSSR count). The van der Waals surface area contributed by atoms with E-state index in [0.29, 0.717) is 18.9 Å². The summed E-state index contributed by atoms with van der Waals surface area (Å²) >= 11 is 0. The Morgan fingerprint density at radius 2 is 2.05 bits per heavy atom. The molecule has 0 amide bonds. The average molecular weight is 283 g/mol. The molecule has 0 aliphatic heterocycles. The second kappa shape index (κ2) is 9.65. The maximum atomic E-state index is 11.9. The van der Waals surface area contributed by atoms with Crippen LogP contribution in [-0.4, -0.2) is 18.1 Å². The second-order valence-corrected chi connectivity index (χ2v) is 6.55. The third-order valence-corrected chi connectivity index (χ3v) is 3.06. The number of esters is 1. The Labute approximate surface area is 122 Å². The fraction of sp³-hybridized carbons (Fsp3) is 0.933. The lowest BCUT2D eigenvalue weighted by atomic mass is 9.90. The van der Waals surface area contributed by atoms with Gasteiger partial charge in [0.1, 0.15) is 5.60 Å². The van der Waals surface area contributed by atoms with Crippen LogP contribution < -0.4 is 0 Å². The molecule has 0 heterocycles. The minimum atomic E-state index is -0.464. The van der Waals surface area contributed by atoms with E-state index in [2.05, 4.69) is 23.9 Å². The quantitative estimate of drug-likeness (QED) is 0.262. The van der Waals surface area contributed by atoms with Crippen molar-refractivity contribution in [3.63, 3.8) is 0 Å². The standard InChI is InChI=1S/C15H29N3O2/c1-6-7-8-12(2)9-13(11-17-18-16)10-14(19)20-15(3,4)5/h12-13H,6-11H2,1-5H3. The van der Waals surface area contributed by atoms with Gasteiger partial charge in [-0.25, -0.2) is 0 Å². The Kier molecular flexibility index (Phi) is 9.06. The molecule has 0 fully saturated rings. The van der Waals surface area contributed by atoms with E-state index in [0.717, 1.165) is 12.8 Å². The molecule has 0 aromatic carbocycles. The van der Waals surface area contributed by atoms with E-state index in [-0.39, 0.29) is 11.9 Å². The van der Waals surface area contributed by atoms with Crippen molar-refractivity contribution in [1.82, 2.24) is 0 Å². The van der Waals surface area contributed by atoms with Crippen molar-refractivity contribution < 1.29 is 9.53 Å². The maximum absolute atomic E-state index is 11.9. The maximum Gasteiger partial charge on any atom is 0.306 e. The van der Waals surface area contributed by atoms with E-state index in [1.807, 2.05) is 20.8 Å². The fourth-order valence-electron chi connectivity index (χ4n) is 2.23. The molecular weight excluding hydrogens is 254 g/mol. The molecule has 0 aliphatic rings. The molecular formula is C15H29N3O2. The van der Waals surface area contributed by atoms with Gasteiger partial charge in [0.05, 0.1) is 0 Å². The first kappa shape index (κ1) is 18.8. The van der Waals surface area contributed by atoms with E-state index >= 15 is 0 Å². The molecule has 0 saturated heterocycles. The van der Waals surface area contributed by atoms with Crippen LogP contribution in [0.2, 0.25) is 0 Å². The Bertz CT molecular complexity index is 331. The SMILES string of the molecule is CCCCC(C)CC(CN=[N+]=[N-])CC(=O)OC(C)(C)C. The van der Waals surface area contributed by atoms with Crippen molar-refractivity contribution in [2.75, 3.05) is 6.54 Å². The molecule has 2 unspecified atom stereocenters. The van der Waals surface area contributed by atoms with Gasteiger partial charge in [-0.1, -0.05) is 38.2 Å². The van der Waals surface area contributed by atoms with Crippen molar-refractivity contribution in [2.24, 2.45) is 17.0 Å². The first-order valence-electron chi connectivity index (χ1n) is 7.51. The number of ether oxygens (including phenoxy) is 1. The highest BCUT2D eigenvalue weighted by molar-refractivity contribution is 5.70. The molecule has 0 radical (unpaired) electrons. The van der Waals surface area contributed by atoms with E-state index < -0.39 is 5.60 Å². The molecule has 0 aliphatic carbocycles. The van der Waals surface area contributed by atoms with Crippen LogP contribution in [-0.2, 0) is 9.53 Å². The Balaban J connectivity index is 4.40. The number of carbonyl (C=O) groups is 1. The van der Waals surface area contributed by atoms with Crippen molar-refractivity contribution in [1.29, 1.82) is 0 Å². The van der Waals surface area contributed by atoms with Crippen LogP contribution in [0.3, 0.4) is 0 Å². The molecule has 5 nitrogen and oxygen atoms in total. The zero-order valence-electron chi connectivity index (χ0n) is 13.6. The Morgan fingerprint density at radius 1 is 1.40 bits per heavy atom. The zero-order chi connectivity index (χ0) is 15.6. The van der Waals surface area contributed by atoms with E-state index in [1.54, 1.807) is 0 Å². The molecule has 0 saturated carbocycles. The Hall–Kier alpha value is -1.22. The lowest BCUT2D eigenvalue weighted by Gasteiger charge is -2.23. The van der Waals surface area contributed by atoms with Crippen molar-refractivity contribution in [3.8, 4) is 0 Å². The van der Waals surface area contributed by atoms with Gasteiger partial charge in [-0.2, -0.15) is 0 Å². The summed E-state index contributed by atoms with van der Waals surface area (Å²) in [5.74, 6) is 0.405. The number of azide groups is 1. The minimum absolute atomic E-state index is 0.0765. The highest BCUT2D eigenvalue weighted by atomic mass is 16.6. The van der Waals surface area contributed by atoms with Gasteiger partial charge in [0, 0.05) is 17.9 Å². The van der Waals surface area contributed by atoms with Crippen LogP contribution in [0.15, 0.2) is 5.11 Å². The number of rotatable bonds is 9. The smallest absolute Gasteiger partial charge is 0.306 e. The summed E-state index contributed by atoms with van der Waals surface area (Å²) in [5, 5.41) is 3.63. The van der Waals surface area contributed by atoms with Gasteiger partial charge in [-0.3, -0.25) is 4.79 Å². The molecule has 0 spiro atoms. The molecule has 0 aromatic rings. The van der Waals surface area contributed by atoms with Gasteiger partial charge in [-0.05, 0) is 44.6 Å². The summed E-state index contributed by atoms with van der Waals surface area (Å²) in [4.78, 5) is 14.7. The summed E-state index contributed by atoms with van der Waals surface area (Å²) in [6.07, 6.45) is 4.75. The second-order valence-electron chi connectivity index (χ2n) is 6.55. The predicted octanol–water partition coefficient (Wildman–Crippen LogP) is 4.86. The minimum Gasteiger partial charge on any atom is -0.460 e. The largest absolute Gasteiger partial charge is 0.460 e. The average Bonchev–Trinajstić information content (AvgIpc) is 2.31. The summed E-state index contributed by atoms with van der Waals surface area (Å²) in [7, 11) is 0. The predicted molar refractivity (Wildman–Crippen MR) is 81.3 cm³/mol. The van der Waals surface area contributed by atoms with Gasteiger partial charge < -0.3 is 4.74 Å². The zero-order valence-corrected chi connectivity index (χ0v) is 13.6. The lowest BCUT2D eigenvalue weighted by molar-refractivity contribution is -0.156. The summed E-state index contributed by atoms with van der Waals surface area (Å²) in [6.45, 7) is 10.3. The summed E-state index contributed by atoms with van der Waals surface area (Å²) in [6, 6.07) is 0. The molecule has 0 bridgehead atoms. The van der Waals surface area contributed by atoms with Crippen LogP contribution in [0.5, 0.6) is 0 Å². The monoisotopic (exact) mass is 283 g/mol.